The molecule has 41 heavy (non-hydrogen) atoms. The Labute approximate surface area is 238 Å². The molecular formula is C32H40F6N2O. The van der Waals surface area contributed by atoms with Crippen LogP contribution in [0.5, 0.6) is 0 Å². The average Bonchev–Trinajstić information content (AvgIpc) is 3.73. The van der Waals surface area contributed by atoms with Gasteiger partial charge in [-0.25, -0.2) is 0 Å². The van der Waals surface area contributed by atoms with Crippen LogP contribution >= 0.6 is 0 Å². The topological polar surface area (TPSA) is 32.3 Å². The van der Waals surface area contributed by atoms with E-state index in [4.69, 9.17) is 0 Å². The van der Waals surface area contributed by atoms with Crippen LogP contribution in [0.25, 0.3) is 0 Å². The largest absolute Gasteiger partial charge is 0.416 e. The average molecular weight is 583 g/mol. The van der Waals surface area contributed by atoms with Crippen molar-refractivity contribution in [3.63, 3.8) is 0 Å². The summed E-state index contributed by atoms with van der Waals surface area (Å²) in [7, 11) is 0. The predicted octanol–water partition coefficient (Wildman–Crippen LogP) is 8.04. The molecule has 3 nitrogen and oxygen atoms in total. The third-order valence-electron chi connectivity index (χ3n) is 8.70. The van der Waals surface area contributed by atoms with Crippen molar-refractivity contribution in [1.29, 1.82) is 0 Å². The molecule has 0 radical (unpaired) electrons. The second kappa shape index (κ2) is 13.2. The number of hydrogen-bond acceptors (Lipinski definition) is 2. The highest BCUT2D eigenvalue weighted by Crippen LogP contribution is 2.38. The van der Waals surface area contributed by atoms with Gasteiger partial charge in [-0.05, 0) is 79.8 Å². The smallest absolute Gasteiger partial charge is 0.352 e. The zero-order chi connectivity index (χ0) is 29.8. The first-order valence-electron chi connectivity index (χ1n) is 14.6. The molecule has 2 aliphatic carbocycles. The predicted molar refractivity (Wildman–Crippen MR) is 148 cm³/mol. The standard InChI is InChI=1S/C32H40F6N2O/c1-21-5-3-4-6-25(21)9-10-26-11-13-40(20-22(26)2)14-12-27(15-23-7-8-23)30(41)39-19-24-16-28(31(33,34)35)18-29(17-24)32(36,37)38/h3-6,9-10,16-18,21-23,25-27H,7-8,11-15,19-20H2,1-2H3,(H,39,41)/b10-9-/t21?,22-,25?,26+,27?/m0/s1. The Bertz CT molecular complexity index is 1100. The monoisotopic (exact) mass is 582 g/mol. The number of piperidine rings is 1. The van der Waals surface area contributed by atoms with Crippen molar-refractivity contribution in [2.45, 2.75) is 64.8 Å². The van der Waals surface area contributed by atoms with Gasteiger partial charge < -0.3 is 10.2 Å². The van der Waals surface area contributed by atoms with Gasteiger partial charge in [0.15, 0.2) is 0 Å². The van der Waals surface area contributed by atoms with Gasteiger partial charge in [0, 0.05) is 24.9 Å². The number of nitrogens with one attached hydrogen (secondary N) is 1. The maximum atomic E-state index is 13.2. The van der Waals surface area contributed by atoms with Gasteiger partial charge in [0.05, 0.1) is 11.1 Å². The zero-order valence-electron chi connectivity index (χ0n) is 23.6. The summed E-state index contributed by atoms with van der Waals surface area (Å²) in [5.74, 6) is 1.70. The van der Waals surface area contributed by atoms with E-state index in [2.05, 4.69) is 60.5 Å². The molecule has 4 rings (SSSR count). The van der Waals surface area contributed by atoms with Gasteiger partial charge in [-0.1, -0.05) is 63.1 Å². The van der Waals surface area contributed by atoms with Gasteiger partial charge in [0.25, 0.3) is 0 Å². The van der Waals surface area contributed by atoms with Gasteiger partial charge in [0.1, 0.15) is 0 Å². The van der Waals surface area contributed by atoms with Crippen LogP contribution in [0.1, 0.15) is 62.6 Å². The molecule has 5 atom stereocenters. The molecule has 0 spiro atoms. The van der Waals surface area contributed by atoms with Crippen molar-refractivity contribution in [2.24, 2.45) is 35.5 Å². The number of alkyl halides is 6. The minimum absolute atomic E-state index is 0.103. The van der Waals surface area contributed by atoms with E-state index in [1.165, 1.54) is 0 Å². The first kappa shape index (κ1) is 31.4. The molecule has 1 saturated carbocycles. The Balaban J connectivity index is 1.31. The first-order valence-corrected chi connectivity index (χ1v) is 14.6. The lowest BCUT2D eigenvalue weighted by Gasteiger charge is -2.36. The summed E-state index contributed by atoms with van der Waals surface area (Å²) < 4.78 is 79.3. The number of carbonyl (C=O) groups excluding carboxylic acids is 1. The van der Waals surface area contributed by atoms with E-state index >= 15 is 0 Å². The van der Waals surface area contributed by atoms with Crippen molar-refractivity contribution in [3.8, 4) is 0 Å². The lowest BCUT2D eigenvalue weighted by molar-refractivity contribution is -0.143. The summed E-state index contributed by atoms with van der Waals surface area (Å²) >= 11 is 0. The number of likely N-dealkylation sites (tertiary alicyclic amines) is 1. The minimum atomic E-state index is -4.92. The fourth-order valence-electron chi connectivity index (χ4n) is 5.89. The summed E-state index contributed by atoms with van der Waals surface area (Å²) in [5, 5.41) is 2.63. The molecular weight excluding hydrogens is 542 g/mol. The number of carbonyl (C=O) groups is 1. The fraction of sp³-hybridized carbons (Fsp3) is 0.594. The lowest BCUT2D eigenvalue weighted by atomic mass is 9.83. The number of hydrogen-bond donors (Lipinski definition) is 1. The van der Waals surface area contributed by atoms with E-state index in [-0.39, 0.29) is 30.0 Å². The third kappa shape index (κ3) is 9.22. The van der Waals surface area contributed by atoms with Crippen LogP contribution in [0.4, 0.5) is 26.3 Å². The van der Waals surface area contributed by atoms with Gasteiger partial charge in [0.2, 0.25) is 5.91 Å². The summed E-state index contributed by atoms with van der Waals surface area (Å²) in [6, 6.07) is 1.45. The van der Waals surface area contributed by atoms with Crippen molar-refractivity contribution in [2.75, 3.05) is 19.6 Å². The second-order valence-corrected chi connectivity index (χ2v) is 12.1. The van der Waals surface area contributed by atoms with Gasteiger partial charge in [-0.3, -0.25) is 4.79 Å². The van der Waals surface area contributed by atoms with Crippen LogP contribution in [0, 0.1) is 35.5 Å². The van der Waals surface area contributed by atoms with Crippen LogP contribution in [-0.4, -0.2) is 30.4 Å². The Kier molecular flexibility index (Phi) is 10.1. The normalized spacial score (nSPS) is 26.4. The first-order chi connectivity index (χ1) is 19.3. The third-order valence-corrected chi connectivity index (χ3v) is 8.70. The molecule has 0 aromatic heterocycles. The highest BCUT2D eigenvalue weighted by atomic mass is 19.4. The highest BCUT2D eigenvalue weighted by Gasteiger charge is 2.37. The molecule has 1 saturated heterocycles. The molecule has 0 bridgehead atoms. The number of rotatable bonds is 10. The van der Waals surface area contributed by atoms with Crippen LogP contribution in [0.3, 0.4) is 0 Å². The molecule has 3 aliphatic rings. The van der Waals surface area contributed by atoms with Crippen molar-refractivity contribution in [3.05, 3.63) is 71.3 Å². The fourth-order valence-corrected chi connectivity index (χ4v) is 5.89. The maximum Gasteiger partial charge on any atom is 0.416 e. The summed E-state index contributed by atoms with van der Waals surface area (Å²) in [4.78, 5) is 15.5. The van der Waals surface area contributed by atoms with E-state index in [0.29, 0.717) is 54.6 Å². The van der Waals surface area contributed by atoms with E-state index in [1.54, 1.807) is 0 Å². The van der Waals surface area contributed by atoms with E-state index in [1.807, 2.05) is 0 Å². The van der Waals surface area contributed by atoms with Crippen LogP contribution in [-0.2, 0) is 23.7 Å². The van der Waals surface area contributed by atoms with E-state index in [0.717, 1.165) is 38.9 Å². The Morgan fingerprint density at radius 1 is 0.976 bits per heavy atom. The van der Waals surface area contributed by atoms with Crippen molar-refractivity contribution < 1.29 is 31.1 Å². The molecule has 1 aromatic carbocycles. The van der Waals surface area contributed by atoms with E-state index in [9.17, 15) is 31.1 Å². The quantitative estimate of drug-likeness (QED) is 0.224. The van der Waals surface area contributed by atoms with Crippen molar-refractivity contribution in [1.82, 2.24) is 10.2 Å². The number of amides is 1. The maximum absolute atomic E-state index is 13.2. The molecule has 9 heteroatoms. The van der Waals surface area contributed by atoms with Crippen LogP contribution in [0.15, 0.2) is 54.7 Å². The molecule has 1 amide bonds. The SMILES string of the molecule is CC1C=CC=CC1/C=C\[C@@H]1CCN(CCC(CC2CC2)C(=O)NCc2cc(C(F)(F)F)cc(C(F)(F)F)c2)C[C@@H]1C. The minimum Gasteiger partial charge on any atom is -0.352 e. The molecule has 226 valence electrons. The molecule has 2 fully saturated rings. The molecule has 3 unspecified atom stereocenters. The molecule has 1 aromatic rings. The van der Waals surface area contributed by atoms with E-state index < -0.39 is 23.5 Å². The molecule has 1 heterocycles. The van der Waals surface area contributed by atoms with Crippen LogP contribution in [0.2, 0.25) is 0 Å². The van der Waals surface area contributed by atoms with Gasteiger partial charge in [-0.15, -0.1) is 0 Å². The van der Waals surface area contributed by atoms with Gasteiger partial charge >= 0.3 is 12.4 Å². The summed E-state index contributed by atoms with van der Waals surface area (Å²) in [5.41, 5.74) is -2.97. The highest BCUT2D eigenvalue weighted by molar-refractivity contribution is 5.78. The van der Waals surface area contributed by atoms with Crippen molar-refractivity contribution >= 4 is 5.91 Å². The second-order valence-electron chi connectivity index (χ2n) is 12.1. The lowest BCUT2D eigenvalue weighted by Crippen LogP contribution is -2.41. The number of halogens is 6. The number of nitrogens with zero attached hydrogens (tertiary/aromatic N) is 1. The number of benzene rings is 1. The number of allylic oxidation sites excluding steroid dienone is 6. The Morgan fingerprint density at radius 3 is 2.22 bits per heavy atom. The molecule has 1 N–H and O–H groups in total. The zero-order valence-corrected chi connectivity index (χ0v) is 23.6. The summed E-state index contributed by atoms with van der Waals surface area (Å²) in [6.45, 7) is 6.67. The Morgan fingerprint density at radius 2 is 1.63 bits per heavy atom. The van der Waals surface area contributed by atoms with Crippen LogP contribution < -0.4 is 5.32 Å². The van der Waals surface area contributed by atoms with Gasteiger partial charge in [-0.2, -0.15) is 26.3 Å². The summed E-state index contributed by atoms with van der Waals surface area (Å²) in [6.07, 6.45) is 7.90. The Hall–Kier alpha value is -2.55. The molecule has 1 aliphatic heterocycles.